The first-order valence-electron chi connectivity index (χ1n) is 7.89. The Kier molecular flexibility index (Phi) is 5.39. The fourth-order valence-electron chi connectivity index (χ4n) is 2.76. The zero-order valence-electron chi connectivity index (χ0n) is 12.8. The highest BCUT2D eigenvalue weighted by Crippen LogP contribution is 2.38. The first-order chi connectivity index (χ1) is 10.7. The monoisotopic (exact) mass is 322 g/mol. The molecule has 0 unspecified atom stereocenters. The van der Waals surface area contributed by atoms with Gasteiger partial charge in [0.2, 0.25) is 0 Å². The molecule has 2 aliphatic heterocycles. The number of benzene rings is 1. The van der Waals surface area contributed by atoms with Crippen LogP contribution in [0.15, 0.2) is 29.2 Å². The van der Waals surface area contributed by atoms with Gasteiger partial charge in [-0.2, -0.15) is 0 Å². The molecule has 0 saturated carbocycles. The third-order valence-corrected chi connectivity index (χ3v) is 5.17. The number of rotatable bonds is 5. The molecular formula is C17H22O4S. The predicted molar refractivity (Wildman–Crippen MR) is 85.0 cm³/mol. The molecule has 0 bridgehead atoms. The highest BCUT2D eigenvalue weighted by atomic mass is 32.2. The molecule has 0 spiro atoms. The fourth-order valence-corrected chi connectivity index (χ4v) is 3.86. The molecule has 1 saturated heterocycles. The zero-order chi connectivity index (χ0) is 15.4. The lowest BCUT2D eigenvalue weighted by atomic mass is 10.1. The number of ether oxygens (including phenoxy) is 3. The topological polar surface area (TPSA) is 44.8 Å². The maximum atomic E-state index is 12.2. The van der Waals surface area contributed by atoms with Crippen LogP contribution in [-0.4, -0.2) is 37.1 Å². The normalized spacial score (nSPS) is 25.5. The lowest BCUT2D eigenvalue weighted by Gasteiger charge is -2.26. The van der Waals surface area contributed by atoms with Crippen molar-refractivity contribution in [3.05, 3.63) is 29.8 Å². The molecular weight excluding hydrogens is 300 g/mol. The molecule has 1 aromatic rings. The maximum Gasteiger partial charge on any atom is 0.335 e. The highest BCUT2D eigenvalue weighted by molar-refractivity contribution is 7.99. The van der Waals surface area contributed by atoms with E-state index in [1.807, 2.05) is 30.0 Å². The molecule has 0 N–H and O–H groups in total. The van der Waals surface area contributed by atoms with Crippen molar-refractivity contribution in [1.82, 2.24) is 0 Å². The molecule has 2 aliphatic rings. The molecule has 0 aromatic heterocycles. The summed E-state index contributed by atoms with van der Waals surface area (Å²) >= 11 is 1.82. The summed E-state index contributed by atoms with van der Waals surface area (Å²) in [5.41, 5.74) is 1.11. The first-order valence-corrected chi connectivity index (χ1v) is 8.88. The Bertz CT molecular complexity index is 513. The Morgan fingerprint density at radius 1 is 1.41 bits per heavy atom. The van der Waals surface area contributed by atoms with Gasteiger partial charge < -0.3 is 14.2 Å². The molecule has 22 heavy (non-hydrogen) atoms. The van der Waals surface area contributed by atoms with Crippen molar-refractivity contribution in [1.29, 1.82) is 0 Å². The van der Waals surface area contributed by atoms with Gasteiger partial charge in [-0.25, -0.2) is 4.79 Å². The number of carbonyl (C=O) groups is 1. The van der Waals surface area contributed by atoms with Crippen LogP contribution < -0.4 is 0 Å². The van der Waals surface area contributed by atoms with E-state index in [0.29, 0.717) is 6.61 Å². The van der Waals surface area contributed by atoms with Crippen molar-refractivity contribution in [3.8, 4) is 0 Å². The summed E-state index contributed by atoms with van der Waals surface area (Å²) in [4.78, 5) is 13.4. The molecule has 5 heteroatoms. The third-order valence-electron chi connectivity index (χ3n) is 4.05. The van der Waals surface area contributed by atoms with Gasteiger partial charge in [-0.3, -0.25) is 0 Å². The largest absolute Gasteiger partial charge is 0.456 e. The molecule has 3 atom stereocenters. The molecule has 120 valence electrons. The van der Waals surface area contributed by atoms with Crippen LogP contribution >= 0.6 is 11.8 Å². The second kappa shape index (κ2) is 7.49. The Balaban J connectivity index is 1.53. The van der Waals surface area contributed by atoms with Gasteiger partial charge in [-0.05, 0) is 32.3 Å². The second-order valence-electron chi connectivity index (χ2n) is 5.71. The Labute approximate surface area is 135 Å². The van der Waals surface area contributed by atoms with E-state index in [0.717, 1.165) is 37.2 Å². The Hall–Kier alpha value is -1.04. The van der Waals surface area contributed by atoms with E-state index in [1.165, 1.54) is 4.90 Å². The van der Waals surface area contributed by atoms with E-state index >= 15 is 0 Å². The summed E-state index contributed by atoms with van der Waals surface area (Å²) in [7, 11) is 0. The summed E-state index contributed by atoms with van der Waals surface area (Å²) < 4.78 is 16.8. The number of thioether (sulfide) groups is 1. The van der Waals surface area contributed by atoms with E-state index in [1.54, 1.807) is 6.92 Å². The molecule has 4 nitrogen and oxygen atoms in total. The average Bonchev–Trinajstić information content (AvgIpc) is 3.06. The molecule has 1 aromatic carbocycles. The molecule has 2 heterocycles. The van der Waals surface area contributed by atoms with Crippen LogP contribution in [0.3, 0.4) is 0 Å². The van der Waals surface area contributed by atoms with Gasteiger partial charge in [-0.15, -0.1) is 11.8 Å². The zero-order valence-corrected chi connectivity index (χ0v) is 13.6. The number of hydrogen-bond donors (Lipinski definition) is 0. The molecule has 0 radical (unpaired) electrons. The van der Waals surface area contributed by atoms with Crippen LogP contribution in [-0.2, 0) is 19.0 Å². The first kappa shape index (κ1) is 15.8. The van der Waals surface area contributed by atoms with Crippen molar-refractivity contribution >= 4 is 17.7 Å². The van der Waals surface area contributed by atoms with Gasteiger partial charge in [0.25, 0.3) is 0 Å². The Morgan fingerprint density at radius 2 is 2.27 bits per heavy atom. The van der Waals surface area contributed by atoms with Crippen LogP contribution in [0.1, 0.15) is 37.9 Å². The van der Waals surface area contributed by atoms with Gasteiger partial charge in [-0.1, -0.05) is 18.2 Å². The predicted octanol–water partition coefficient (Wildman–Crippen LogP) is 3.35. The van der Waals surface area contributed by atoms with Crippen molar-refractivity contribution in [2.24, 2.45) is 0 Å². The minimum Gasteiger partial charge on any atom is -0.456 e. The number of carbonyl (C=O) groups excluding carboxylic acids is 1. The summed E-state index contributed by atoms with van der Waals surface area (Å²) in [6.45, 7) is 3.01. The van der Waals surface area contributed by atoms with Crippen LogP contribution in [0.4, 0.5) is 0 Å². The van der Waals surface area contributed by atoms with Gasteiger partial charge in [0.1, 0.15) is 6.10 Å². The lowest BCUT2D eigenvalue weighted by Crippen LogP contribution is -2.29. The summed E-state index contributed by atoms with van der Waals surface area (Å²) in [6, 6.07) is 8.13. The van der Waals surface area contributed by atoms with E-state index < -0.39 is 6.10 Å². The third kappa shape index (κ3) is 3.83. The average molecular weight is 322 g/mol. The van der Waals surface area contributed by atoms with Crippen LogP contribution in [0, 0.1) is 0 Å². The smallest absolute Gasteiger partial charge is 0.335 e. The van der Waals surface area contributed by atoms with Crippen LogP contribution in [0.25, 0.3) is 0 Å². The standard InChI is InChI=1S/C17H22O4S/c1-12(20-11-13-5-4-9-19-13)17(18)21-15-8-10-22-16-7-3-2-6-14(15)16/h2-3,6-7,12-13,15H,4-5,8-11H2,1H3/t12-,13+,15+/m0/s1. The van der Waals surface area contributed by atoms with E-state index in [-0.39, 0.29) is 18.2 Å². The van der Waals surface area contributed by atoms with Gasteiger partial charge >= 0.3 is 5.97 Å². The summed E-state index contributed by atoms with van der Waals surface area (Å²) in [5, 5.41) is 0. The highest BCUT2D eigenvalue weighted by Gasteiger charge is 2.27. The van der Waals surface area contributed by atoms with E-state index in [9.17, 15) is 4.79 Å². The molecule has 0 aliphatic carbocycles. The van der Waals surface area contributed by atoms with Crippen molar-refractivity contribution in [3.63, 3.8) is 0 Å². The minimum atomic E-state index is -0.550. The minimum absolute atomic E-state index is 0.127. The van der Waals surface area contributed by atoms with Crippen molar-refractivity contribution in [2.75, 3.05) is 19.0 Å². The maximum absolute atomic E-state index is 12.2. The summed E-state index contributed by atoms with van der Waals surface area (Å²) in [6.07, 6.45) is 2.36. The molecule has 1 fully saturated rings. The number of fused-ring (bicyclic) bond motifs is 1. The fraction of sp³-hybridized carbons (Fsp3) is 0.588. The number of hydrogen-bond acceptors (Lipinski definition) is 5. The van der Waals surface area contributed by atoms with E-state index in [2.05, 4.69) is 6.07 Å². The van der Waals surface area contributed by atoms with Gasteiger partial charge in [0.15, 0.2) is 6.10 Å². The summed E-state index contributed by atoms with van der Waals surface area (Å²) in [5.74, 6) is 0.685. The molecule has 3 rings (SSSR count). The van der Waals surface area contributed by atoms with Crippen molar-refractivity contribution < 1.29 is 19.0 Å². The Morgan fingerprint density at radius 3 is 3.09 bits per heavy atom. The number of esters is 1. The second-order valence-corrected chi connectivity index (χ2v) is 6.85. The van der Waals surface area contributed by atoms with Crippen LogP contribution in [0.5, 0.6) is 0 Å². The van der Waals surface area contributed by atoms with Crippen molar-refractivity contribution in [2.45, 2.75) is 49.4 Å². The quantitative estimate of drug-likeness (QED) is 0.778. The molecule has 0 amide bonds. The lowest BCUT2D eigenvalue weighted by molar-refractivity contribution is -0.164. The van der Waals surface area contributed by atoms with Gasteiger partial charge in [0.05, 0.1) is 12.7 Å². The van der Waals surface area contributed by atoms with E-state index in [4.69, 9.17) is 14.2 Å². The van der Waals surface area contributed by atoms with Crippen LogP contribution in [0.2, 0.25) is 0 Å². The van der Waals surface area contributed by atoms with Gasteiger partial charge in [0, 0.05) is 22.8 Å². The SMILES string of the molecule is C[C@H](OC[C@H]1CCCO1)C(=O)O[C@@H]1CCSc2ccccc21.